The molecule has 0 N–H and O–H groups in total. The van der Waals surface area contributed by atoms with Gasteiger partial charge >= 0.3 is 0 Å². The average Bonchev–Trinajstić information content (AvgIpc) is 2.71. The quantitative estimate of drug-likeness (QED) is 0.708. The van der Waals surface area contributed by atoms with Crippen LogP contribution in [0.4, 0.5) is 0 Å². The molecule has 0 atom stereocenters. The highest BCUT2D eigenvalue weighted by atomic mass is 16.6. The molecule has 144 valence electrons. The van der Waals surface area contributed by atoms with Crippen LogP contribution in [0.1, 0.15) is 11.1 Å². The van der Waals surface area contributed by atoms with Crippen molar-refractivity contribution in [1.29, 1.82) is 0 Å². The van der Waals surface area contributed by atoms with Crippen LogP contribution in [0.15, 0.2) is 48.5 Å². The highest BCUT2D eigenvalue weighted by Gasteiger charge is 2.03. The minimum Gasteiger partial charge on any atom is -0.491 e. The van der Waals surface area contributed by atoms with E-state index < -0.39 is 0 Å². The van der Waals surface area contributed by atoms with Crippen LogP contribution in [0.25, 0.3) is 12.2 Å². The standard InChI is InChI=1S/C22H26O5/c1-3-7-21-19(5-1)9-10-20-6-2-4-8-22(20)27-18-16-25-14-12-23-11-13-24-15-17-26-21/h1-10H,11-18H2/b10-9+. The van der Waals surface area contributed by atoms with Crippen LogP contribution in [-0.4, -0.2) is 52.9 Å². The number of fused-ring (bicyclic) bond motifs is 2. The topological polar surface area (TPSA) is 46.2 Å². The zero-order valence-corrected chi connectivity index (χ0v) is 15.5. The summed E-state index contributed by atoms with van der Waals surface area (Å²) in [6.45, 7) is 4.22. The smallest absolute Gasteiger partial charge is 0.126 e. The van der Waals surface area contributed by atoms with Gasteiger partial charge in [-0.05, 0) is 12.1 Å². The second-order valence-corrected chi connectivity index (χ2v) is 5.94. The van der Waals surface area contributed by atoms with Crippen LogP contribution in [0.5, 0.6) is 11.5 Å². The summed E-state index contributed by atoms with van der Waals surface area (Å²) in [5, 5.41) is 0. The molecule has 1 aliphatic heterocycles. The summed E-state index contributed by atoms with van der Waals surface area (Å²) in [6, 6.07) is 15.9. The maximum absolute atomic E-state index is 5.87. The van der Waals surface area contributed by atoms with Crippen LogP contribution in [0, 0.1) is 0 Å². The summed E-state index contributed by atoms with van der Waals surface area (Å²) >= 11 is 0. The Morgan fingerprint density at radius 2 is 0.815 bits per heavy atom. The first-order valence-corrected chi connectivity index (χ1v) is 9.28. The third-order valence-corrected chi connectivity index (χ3v) is 3.99. The second-order valence-electron chi connectivity index (χ2n) is 5.94. The number of ether oxygens (including phenoxy) is 5. The molecule has 0 radical (unpaired) electrons. The third-order valence-electron chi connectivity index (χ3n) is 3.99. The molecule has 5 nitrogen and oxygen atoms in total. The van der Waals surface area contributed by atoms with Crippen LogP contribution in [-0.2, 0) is 14.2 Å². The van der Waals surface area contributed by atoms with E-state index in [1.807, 2.05) is 60.7 Å². The number of rotatable bonds is 0. The van der Waals surface area contributed by atoms with Gasteiger partial charge in [0.1, 0.15) is 24.7 Å². The Bertz CT molecular complexity index is 654. The number of benzene rings is 2. The van der Waals surface area contributed by atoms with Crippen molar-refractivity contribution in [2.45, 2.75) is 0 Å². The van der Waals surface area contributed by atoms with Gasteiger partial charge < -0.3 is 23.7 Å². The van der Waals surface area contributed by atoms with Gasteiger partial charge in [0.25, 0.3) is 0 Å². The SMILES string of the molecule is C1=C/c2ccccc2OCCOCCOCCOCCOc2ccccc2/1. The van der Waals surface area contributed by atoms with Crippen LogP contribution in [0.2, 0.25) is 0 Å². The molecule has 0 spiro atoms. The molecule has 5 heteroatoms. The van der Waals surface area contributed by atoms with Crippen molar-refractivity contribution in [2.75, 3.05) is 52.9 Å². The maximum atomic E-state index is 5.87. The molecular weight excluding hydrogens is 344 g/mol. The molecule has 1 heterocycles. The Hall–Kier alpha value is -2.34. The van der Waals surface area contributed by atoms with Crippen molar-refractivity contribution in [3.05, 3.63) is 59.7 Å². The van der Waals surface area contributed by atoms with Crippen molar-refractivity contribution in [1.82, 2.24) is 0 Å². The van der Waals surface area contributed by atoms with Gasteiger partial charge in [-0.3, -0.25) is 0 Å². The molecule has 2 aromatic rings. The van der Waals surface area contributed by atoms with Gasteiger partial charge in [0.05, 0.1) is 39.6 Å². The van der Waals surface area contributed by atoms with E-state index in [0.29, 0.717) is 52.9 Å². The molecule has 2 aromatic carbocycles. The summed E-state index contributed by atoms with van der Waals surface area (Å²) < 4.78 is 28.3. The van der Waals surface area contributed by atoms with Crippen molar-refractivity contribution in [3.63, 3.8) is 0 Å². The number of para-hydroxylation sites is 2. The van der Waals surface area contributed by atoms with E-state index in [4.69, 9.17) is 23.7 Å². The number of hydrogen-bond acceptors (Lipinski definition) is 5. The fourth-order valence-electron chi connectivity index (χ4n) is 2.64. The predicted molar refractivity (Wildman–Crippen MR) is 105 cm³/mol. The minimum atomic E-state index is 0.494. The zero-order valence-electron chi connectivity index (χ0n) is 15.5. The Labute approximate surface area is 160 Å². The van der Waals surface area contributed by atoms with Gasteiger partial charge in [-0.1, -0.05) is 48.6 Å². The van der Waals surface area contributed by atoms with Gasteiger partial charge in [0, 0.05) is 11.1 Å². The fourth-order valence-corrected chi connectivity index (χ4v) is 2.64. The highest BCUT2D eigenvalue weighted by Crippen LogP contribution is 2.24. The first kappa shape index (κ1) is 19.4. The highest BCUT2D eigenvalue weighted by molar-refractivity contribution is 5.74. The predicted octanol–water partition coefficient (Wildman–Crippen LogP) is 3.68. The van der Waals surface area contributed by atoms with E-state index in [0.717, 1.165) is 22.6 Å². The van der Waals surface area contributed by atoms with E-state index in [9.17, 15) is 0 Å². The molecule has 1 aliphatic rings. The van der Waals surface area contributed by atoms with Crippen molar-refractivity contribution >= 4 is 12.2 Å². The van der Waals surface area contributed by atoms with Gasteiger partial charge in [-0.25, -0.2) is 0 Å². The monoisotopic (exact) mass is 370 g/mol. The number of hydrogen-bond donors (Lipinski definition) is 0. The van der Waals surface area contributed by atoms with Crippen molar-refractivity contribution < 1.29 is 23.7 Å². The molecular formula is C22H26O5. The third kappa shape index (κ3) is 6.71. The summed E-state index contributed by atoms with van der Waals surface area (Å²) in [5.41, 5.74) is 2.02. The van der Waals surface area contributed by atoms with E-state index in [1.54, 1.807) is 0 Å². The van der Waals surface area contributed by atoms with Crippen molar-refractivity contribution in [3.8, 4) is 11.5 Å². The lowest BCUT2D eigenvalue weighted by atomic mass is 10.1. The van der Waals surface area contributed by atoms with Crippen LogP contribution in [0.3, 0.4) is 0 Å². The van der Waals surface area contributed by atoms with E-state index in [-0.39, 0.29) is 0 Å². The first-order valence-electron chi connectivity index (χ1n) is 9.28. The summed E-state index contributed by atoms with van der Waals surface area (Å²) in [4.78, 5) is 0. The minimum absolute atomic E-state index is 0.494. The van der Waals surface area contributed by atoms with Crippen LogP contribution >= 0.6 is 0 Å². The summed E-state index contributed by atoms with van der Waals surface area (Å²) in [7, 11) is 0. The Morgan fingerprint density at radius 1 is 0.444 bits per heavy atom. The van der Waals surface area contributed by atoms with Gasteiger partial charge in [-0.2, -0.15) is 0 Å². The molecule has 0 saturated heterocycles. The molecule has 0 bridgehead atoms. The lowest BCUT2D eigenvalue weighted by Crippen LogP contribution is -2.14. The van der Waals surface area contributed by atoms with Gasteiger partial charge in [-0.15, -0.1) is 0 Å². The largest absolute Gasteiger partial charge is 0.491 e. The van der Waals surface area contributed by atoms with E-state index >= 15 is 0 Å². The van der Waals surface area contributed by atoms with E-state index in [1.165, 1.54) is 0 Å². The van der Waals surface area contributed by atoms with Crippen LogP contribution < -0.4 is 9.47 Å². The van der Waals surface area contributed by atoms with E-state index in [2.05, 4.69) is 0 Å². The maximum Gasteiger partial charge on any atom is 0.126 e. The fraction of sp³-hybridized carbons (Fsp3) is 0.364. The molecule has 0 aliphatic carbocycles. The lowest BCUT2D eigenvalue weighted by molar-refractivity contribution is 0.00498. The normalized spacial score (nSPS) is 18.4. The molecule has 0 fully saturated rings. The average molecular weight is 370 g/mol. The Kier molecular flexibility index (Phi) is 8.19. The molecule has 0 aromatic heterocycles. The van der Waals surface area contributed by atoms with Crippen molar-refractivity contribution in [2.24, 2.45) is 0 Å². The lowest BCUT2D eigenvalue weighted by Gasteiger charge is -2.10. The summed E-state index contributed by atoms with van der Waals surface area (Å²) in [5.74, 6) is 1.66. The zero-order chi connectivity index (χ0) is 18.6. The molecule has 3 rings (SSSR count). The summed E-state index contributed by atoms with van der Waals surface area (Å²) in [6.07, 6.45) is 4.08. The Morgan fingerprint density at radius 3 is 1.26 bits per heavy atom. The second kappa shape index (κ2) is 11.4. The molecule has 27 heavy (non-hydrogen) atoms. The molecule has 0 unspecified atom stereocenters. The van der Waals surface area contributed by atoms with Gasteiger partial charge in [0.15, 0.2) is 0 Å². The molecule has 0 amide bonds. The Balaban J connectivity index is 1.72. The van der Waals surface area contributed by atoms with Gasteiger partial charge in [0.2, 0.25) is 0 Å². The first-order chi connectivity index (χ1) is 13.4. The molecule has 0 saturated carbocycles.